The minimum Gasteiger partial charge on any atom is -0.456 e. The molecule has 2 bridgehead atoms. The van der Waals surface area contributed by atoms with Crippen molar-refractivity contribution in [2.75, 3.05) is 6.61 Å². The Bertz CT molecular complexity index is 1740. The molecule has 0 amide bonds. The van der Waals surface area contributed by atoms with E-state index in [1.54, 1.807) is 88.4 Å². The number of nitrogens with two attached hydrogens (primary N) is 1. The van der Waals surface area contributed by atoms with Crippen molar-refractivity contribution in [3.8, 4) is 0 Å². The van der Waals surface area contributed by atoms with E-state index in [1.807, 2.05) is 13.8 Å². The maximum absolute atomic E-state index is 15.2. The average Bonchev–Trinajstić information content (AvgIpc) is 3.09. The van der Waals surface area contributed by atoms with Crippen molar-refractivity contribution < 1.29 is 48.3 Å². The molecule has 274 valence electrons. The highest BCUT2D eigenvalue weighted by atomic mass is 16.6. The number of hydrogen-bond acceptors (Lipinski definition) is 11. The highest BCUT2D eigenvalue weighted by Gasteiger charge is 2.77. The van der Waals surface area contributed by atoms with Crippen molar-refractivity contribution in [1.82, 2.24) is 0 Å². The minimum atomic E-state index is -2.00. The predicted octanol–water partition coefficient (Wildman–Crippen LogP) is 4.24. The molecule has 0 spiro atoms. The summed E-state index contributed by atoms with van der Waals surface area (Å²) in [5.41, 5.74) is 2.20. The Kier molecular flexibility index (Phi) is 9.36. The van der Waals surface area contributed by atoms with Crippen LogP contribution in [0.1, 0.15) is 83.3 Å². The third kappa shape index (κ3) is 5.55. The molecule has 4 aliphatic rings. The summed E-state index contributed by atoms with van der Waals surface area (Å²) >= 11 is 0. The lowest BCUT2D eigenvalue weighted by Gasteiger charge is -2.68. The fourth-order valence-corrected chi connectivity index (χ4v) is 9.78. The second kappa shape index (κ2) is 12.9. The van der Waals surface area contributed by atoms with Gasteiger partial charge in [0, 0.05) is 30.1 Å². The number of rotatable bonds is 7. The normalized spacial score (nSPS) is 36.5. The van der Waals surface area contributed by atoms with Crippen LogP contribution in [-0.4, -0.2) is 76.1 Å². The zero-order valence-corrected chi connectivity index (χ0v) is 30.3. The number of esters is 3. The molecule has 2 saturated carbocycles. The molecule has 6 rings (SSSR count). The molecular weight excluding hydrogens is 654 g/mol. The molecule has 3 fully saturated rings. The van der Waals surface area contributed by atoms with Crippen LogP contribution in [-0.2, 0) is 33.3 Å². The van der Waals surface area contributed by atoms with E-state index >= 15 is 4.79 Å². The van der Waals surface area contributed by atoms with Crippen LogP contribution in [0.5, 0.6) is 0 Å². The standard InChI is InChI=1S/C40H49NO10/c1-21-18-28-39(20-48-28,51-24(4)42)32-34(50-35(45)26-16-12-9-13-17-26)40(47)19-27(49-36(46)31(43)30(41)25-14-10-8-11-15-25)22(2)29(37(40,5)6)23(3)33(44)38(21,32)7/h8-17,21,23,27-28,30-32,34,43,47H,18-20,41H2,1-7H3/t21-,23+,27-,28+,30-,31+,32-,34-,38+,39-,40+/m0/s1. The third-order valence-corrected chi connectivity index (χ3v) is 12.7. The van der Waals surface area contributed by atoms with Crippen LogP contribution in [0.2, 0.25) is 0 Å². The first kappa shape index (κ1) is 36.9. The van der Waals surface area contributed by atoms with Crippen LogP contribution < -0.4 is 5.73 Å². The summed E-state index contributed by atoms with van der Waals surface area (Å²) in [5.74, 6) is -4.72. The second-order valence-electron chi connectivity index (χ2n) is 15.7. The lowest BCUT2D eigenvalue weighted by Crippen LogP contribution is -2.80. The van der Waals surface area contributed by atoms with Gasteiger partial charge in [-0.25, -0.2) is 9.59 Å². The molecule has 3 aliphatic carbocycles. The van der Waals surface area contributed by atoms with Crippen LogP contribution >= 0.6 is 0 Å². The van der Waals surface area contributed by atoms with Gasteiger partial charge in [-0.05, 0) is 48.1 Å². The molecule has 2 aromatic carbocycles. The maximum Gasteiger partial charge on any atom is 0.338 e. The van der Waals surface area contributed by atoms with Gasteiger partial charge in [0.25, 0.3) is 0 Å². The summed E-state index contributed by atoms with van der Waals surface area (Å²) in [6, 6.07) is 15.9. The molecule has 0 radical (unpaired) electrons. The smallest absolute Gasteiger partial charge is 0.338 e. The van der Waals surface area contributed by atoms with Crippen molar-refractivity contribution in [2.24, 2.45) is 34.3 Å². The minimum absolute atomic E-state index is 0.0640. The first-order chi connectivity index (χ1) is 23.9. The van der Waals surface area contributed by atoms with Crippen molar-refractivity contribution in [1.29, 1.82) is 0 Å². The lowest BCUT2D eigenvalue weighted by molar-refractivity contribution is -0.339. The number of ether oxygens (including phenoxy) is 4. The highest BCUT2D eigenvalue weighted by Crippen LogP contribution is 2.66. The van der Waals surface area contributed by atoms with E-state index in [0.29, 0.717) is 23.1 Å². The monoisotopic (exact) mass is 703 g/mol. The number of Topliss-reactive ketones (excluding diaryl/α,β-unsaturated/α-hetero) is 1. The summed E-state index contributed by atoms with van der Waals surface area (Å²) in [5, 5.41) is 24.5. The van der Waals surface area contributed by atoms with E-state index in [0.717, 1.165) is 0 Å². The number of aliphatic hydroxyl groups is 2. The van der Waals surface area contributed by atoms with E-state index in [-0.39, 0.29) is 30.3 Å². The first-order valence-corrected chi connectivity index (χ1v) is 17.7. The van der Waals surface area contributed by atoms with Crippen LogP contribution in [0.3, 0.4) is 0 Å². The average molecular weight is 704 g/mol. The molecule has 4 N–H and O–H groups in total. The number of aliphatic hydroxyl groups excluding tert-OH is 1. The van der Waals surface area contributed by atoms with E-state index in [9.17, 15) is 24.6 Å². The molecule has 51 heavy (non-hydrogen) atoms. The number of fused-ring (bicyclic) bond motifs is 5. The van der Waals surface area contributed by atoms with Gasteiger partial charge in [0.2, 0.25) is 0 Å². The third-order valence-electron chi connectivity index (χ3n) is 12.7. The molecule has 0 unspecified atom stereocenters. The zero-order valence-electron chi connectivity index (χ0n) is 30.3. The van der Waals surface area contributed by atoms with Gasteiger partial charge in [-0.2, -0.15) is 0 Å². The Morgan fingerprint density at radius 1 is 0.980 bits per heavy atom. The van der Waals surface area contributed by atoms with Crippen LogP contribution in [0.4, 0.5) is 0 Å². The Balaban J connectivity index is 1.53. The second-order valence-corrected chi connectivity index (χ2v) is 15.7. The quantitative estimate of drug-likeness (QED) is 0.214. The van der Waals surface area contributed by atoms with Gasteiger partial charge in [0.1, 0.15) is 29.7 Å². The SMILES string of the molecule is CC(=O)O[C@@]12CO[C@@H]1C[C@H](C)[C@@]1(C)C(=O)[C@H](C)C3=C(C)[C@@H](OC(=O)[C@H](O)[C@@H](N)c4ccccc4)C[C@@](O)([C@@H](OC(=O)c4ccccc4)[C@H]21)C3(C)C. The van der Waals surface area contributed by atoms with Crippen molar-refractivity contribution in [2.45, 2.75) is 103 Å². The summed E-state index contributed by atoms with van der Waals surface area (Å²) in [6.07, 6.45) is -4.82. The summed E-state index contributed by atoms with van der Waals surface area (Å²) in [4.78, 5) is 55.7. The molecule has 2 aromatic rings. The van der Waals surface area contributed by atoms with Crippen molar-refractivity contribution in [3.05, 3.63) is 82.9 Å². The maximum atomic E-state index is 15.2. The van der Waals surface area contributed by atoms with Crippen LogP contribution in [0.25, 0.3) is 0 Å². The van der Waals surface area contributed by atoms with E-state index in [2.05, 4.69) is 0 Å². The summed E-state index contributed by atoms with van der Waals surface area (Å²) in [7, 11) is 0. The molecule has 1 saturated heterocycles. The van der Waals surface area contributed by atoms with Gasteiger partial charge in [-0.1, -0.05) is 83.1 Å². The van der Waals surface area contributed by atoms with Gasteiger partial charge in [0.05, 0.1) is 24.1 Å². The van der Waals surface area contributed by atoms with Crippen molar-refractivity contribution >= 4 is 23.7 Å². The molecule has 0 aromatic heterocycles. The molecule has 1 heterocycles. The van der Waals surface area contributed by atoms with Gasteiger partial charge in [-0.15, -0.1) is 0 Å². The van der Waals surface area contributed by atoms with E-state index in [4.69, 9.17) is 24.7 Å². The molecule has 11 nitrogen and oxygen atoms in total. The van der Waals surface area contributed by atoms with E-state index in [1.165, 1.54) is 6.92 Å². The van der Waals surface area contributed by atoms with Gasteiger partial charge in [-0.3, -0.25) is 9.59 Å². The lowest BCUT2D eigenvalue weighted by atomic mass is 9.42. The van der Waals surface area contributed by atoms with Gasteiger partial charge in [0.15, 0.2) is 11.7 Å². The Morgan fingerprint density at radius 3 is 2.16 bits per heavy atom. The fraction of sp³-hybridized carbons (Fsp3) is 0.550. The van der Waals surface area contributed by atoms with Crippen LogP contribution in [0, 0.1) is 28.6 Å². The summed E-state index contributed by atoms with van der Waals surface area (Å²) in [6.45, 7) is 12.1. The molecule has 1 aliphatic heterocycles. The van der Waals surface area contributed by atoms with E-state index < -0.39 is 82.2 Å². The number of benzene rings is 2. The molecular formula is C40H49NO10. The highest BCUT2D eigenvalue weighted by molar-refractivity contribution is 5.92. The van der Waals surface area contributed by atoms with Crippen LogP contribution in [0.15, 0.2) is 71.8 Å². The summed E-state index contributed by atoms with van der Waals surface area (Å²) < 4.78 is 24.7. The zero-order chi connectivity index (χ0) is 37.3. The van der Waals surface area contributed by atoms with Gasteiger partial charge >= 0.3 is 17.9 Å². The Hall–Kier alpha value is -3.90. The fourth-order valence-electron chi connectivity index (χ4n) is 9.78. The number of carbonyl (C=O) groups excluding carboxylic acids is 4. The largest absolute Gasteiger partial charge is 0.456 e. The first-order valence-electron chi connectivity index (χ1n) is 17.7. The number of hydrogen-bond donors (Lipinski definition) is 3. The molecule has 11 atom stereocenters. The number of ketones is 1. The topological polar surface area (TPSA) is 172 Å². The van der Waals surface area contributed by atoms with Crippen molar-refractivity contribution in [3.63, 3.8) is 0 Å². The number of carbonyl (C=O) groups is 4. The van der Waals surface area contributed by atoms with Gasteiger partial charge < -0.3 is 34.9 Å². The molecule has 11 heteroatoms. The Morgan fingerprint density at radius 2 is 1.59 bits per heavy atom. The predicted molar refractivity (Wildman–Crippen MR) is 185 cm³/mol. The Labute approximate surface area is 298 Å².